The van der Waals surface area contributed by atoms with E-state index >= 15 is 0 Å². The number of hydrogen-bond donors (Lipinski definition) is 1. The number of benzene rings is 1. The first kappa shape index (κ1) is 18.3. The van der Waals surface area contributed by atoms with Gasteiger partial charge in [0, 0.05) is 25.7 Å². The van der Waals surface area contributed by atoms with Crippen molar-refractivity contribution >= 4 is 10.0 Å². The fraction of sp³-hybridized carbons (Fsp3) is 0.625. The third kappa shape index (κ3) is 4.73. The molecule has 130 valence electrons. The number of nitrogens with one attached hydrogen (secondary N) is 1. The molecule has 5 nitrogen and oxygen atoms in total. The monoisotopic (exact) mass is 344 g/mol. The fourth-order valence-electron chi connectivity index (χ4n) is 2.76. The summed E-state index contributed by atoms with van der Waals surface area (Å²) in [5, 5.41) is 0. The van der Waals surface area contributed by atoms with E-state index in [1.165, 1.54) is 18.2 Å². The second kappa shape index (κ2) is 7.70. The molecule has 1 N–H and O–H groups in total. The summed E-state index contributed by atoms with van der Waals surface area (Å²) in [5.74, 6) is -0.0944. The Morgan fingerprint density at radius 1 is 1.30 bits per heavy atom. The summed E-state index contributed by atoms with van der Waals surface area (Å²) in [4.78, 5) is 2.35. The molecule has 1 aliphatic heterocycles. The van der Waals surface area contributed by atoms with Crippen molar-refractivity contribution in [1.82, 2.24) is 9.62 Å². The number of hydrogen-bond acceptors (Lipinski definition) is 4. The summed E-state index contributed by atoms with van der Waals surface area (Å²) in [6.07, 6.45) is 0. The van der Waals surface area contributed by atoms with Gasteiger partial charge in [-0.25, -0.2) is 17.5 Å². The molecule has 1 aliphatic rings. The summed E-state index contributed by atoms with van der Waals surface area (Å²) >= 11 is 0. The Kier molecular flexibility index (Phi) is 6.13. The number of morpholine rings is 1. The maximum Gasteiger partial charge on any atom is 0.240 e. The van der Waals surface area contributed by atoms with Gasteiger partial charge in [-0.2, -0.15) is 0 Å². The minimum absolute atomic E-state index is 0.0980. The molecule has 0 aromatic heterocycles. The Hall–Kier alpha value is -1.02. The lowest BCUT2D eigenvalue weighted by molar-refractivity contribution is 0.00776. The SMILES string of the molecule is Cc1cc(S(=O)(=O)NCC(C(C)C)N2CCOCC2)ccc1F. The van der Waals surface area contributed by atoms with Gasteiger partial charge in [0.25, 0.3) is 0 Å². The minimum Gasteiger partial charge on any atom is -0.379 e. The molecule has 1 saturated heterocycles. The Morgan fingerprint density at radius 2 is 1.96 bits per heavy atom. The van der Waals surface area contributed by atoms with Gasteiger partial charge in [0.2, 0.25) is 10.0 Å². The molecule has 1 aromatic carbocycles. The van der Waals surface area contributed by atoms with Crippen molar-refractivity contribution in [1.29, 1.82) is 0 Å². The first-order valence-corrected chi connectivity index (χ1v) is 9.37. The van der Waals surface area contributed by atoms with E-state index < -0.39 is 15.8 Å². The predicted molar refractivity (Wildman–Crippen MR) is 87.3 cm³/mol. The molecule has 0 bridgehead atoms. The van der Waals surface area contributed by atoms with Crippen LogP contribution in [-0.4, -0.2) is 52.2 Å². The van der Waals surface area contributed by atoms with Crippen LogP contribution in [0.1, 0.15) is 19.4 Å². The molecule has 1 aromatic rings. The second-order valence-corrected chi connectivity index (χ2v) is 7.99. The summed E-state index contributed by atoms with van der Waals surface area (Å²) < 4.78 is 46.2. The molecule has 2 rings (SSSR count). The highest BCUT2D eigenvalue weighted by Crippen LogP contribution is 2.16. The van der Waals surface area contributed by atoms with Crippen molar-refractivity contribution in [3.63, 3.8) is 0 Å². The zero-order valence-corrected chi connectivity index (χ0v) is 14.7. The summed E-state index contributed by atoms with van der Waals surface area (Å²) in [6, 6.07) is 3.95. The van der Waals surface area contributed by atoms with Gasteiger partial charge in [0.1, 0.15) is 5.82 Å². The molecule has 1 atom stereocenters. The molecule has 0 spiro atoms. The summed E-state index contributed by atoms with van der Waals surface area (Å²) in [5.41, 5.74) is 0.321. The molecule has 0 amide bonds. The number of rotatable bonds is 6. The maximum absolute atomic E-state index is 13.3. The Balaban J connectivity index is 2.07. The van der Waals surface area contributed by atoms with Gasteiger partial charge in [0.05, 0.1) is 18.1 Å². The fourth-order valence-corrected chi connectivity index (χ4v) is 3.89. The van der Waals surface area contributed by atoms with Crippen LogP contribution in [-0.2, 0) is 14.8 Å². The molecule has 23 heavy (non-hydrogen) atoms. The first-order chi connectivity index (χ1) is 10.8. The van der Waals surface area contributed by atoms with E-state index in [1.54, 1.807) is 6.92 Å². The van der Waals surface area contributed by atoms with Crippen LogP contribution in [0, 0.1) is 18.7 Å². The highest BCUT2D eigenvalue weighted by Gasteiger charge is 2.26. The molecule has 0 radical (unpaired) electrons. The van der Waals surface area contributed by atoms with E-state index in [2.05, 4.69) is 23.5 Å². The van der Waals surface area contributed by atoms with Crippen LogP contribution in [0.15, 0.2) is 23.1 Å². The second-order valence-electron chi connectivity index (χ2n) is 6.22. The van der Waals surface area contributed by atoms with Crippen LogP contribution in [0.4, 0.5) is 4.39 Å². The van der Waals surface area contributed by atoms with Crippen LogP contribution >= 0.6 is 0 Å². The van der Waals surface area contributed by atoms with Crippen molar-refractivity contribution in [3.05, 3.63) is 29.6 Å². The Labute approximate surface area is 137 Å². The molecular formula is C16H25FN2O3S. The highest BCUT2D eigenvalue weighted by atomic mass is 32.2. The summed E-state index contributed by atoms with van der Waals surface area (Å²) in [7, 11) is -3.64. The Morgan fingerprint density at radius 3 is 2.52 bits per heavy atom. The third-order valence-corrected chi connectivity index (χ3v) is 5.63. The van der Waals surface area contributed by atoms with Crippen LogP contribution in [0.5, 0.6) is 0 Å². The van der Waals surface area contributed by atoms with E-state index in [0.29, 0.717) is 31.2 Å². The van der Waals surface area contributed by atoms with Crippen molar-refractivity contribution in [2.45, 2.75) is 31.7 Å². The van der Waals surface area contributed by atoms with Crippen LogP contribution in [0.3, 0.4) is 0 Å². The van der Waals surface area contributed by atoms with E-state index in [4.69, 9.17) is 4.74 Å². The lowest BCUT2D eigenvalue weighted by Crippen LogP contribution is -2.51. The summed E-state index contributed by atoms with van der Waals surface area (Å²) in [6.45, 7) is 9.00. The van der Waals surface area contributed by atoms with Crippen molar-refractivity contribution in [2.24, 2.45) is 5.92 Å². The van der Waals surface area contributed by atoms with Crippen molar-refractivity contribution < 1.29 is 17.5 Å². The zero-order chi connectivity index (χ0) is 17.0. The minimum atomic E-state index is -3.64. The molecular weight excluding hydrogens is 319 g/mol. The van der Waals surface area contributed by atoms with Crippen molar-refractivity contribution in [3.8, 4) is 0 Å². The molecule has 1 fully saturated rings. The third-order valence-electron chi connectivity index (χ3n) is 4.21. The number of aryl methyl sites for hydroxylation is 1. The topological polar surface area (TPSA) is 58.6 Å². The van der Waals surface area contributed by atoms with Crippen LogP contribution in [0.25, 0.3) is 0 Å². The molecule has 0 aliphatic carbocycles. The van der Waals surface area contributed by atoms with Gasteiger partial charge in [0.15, 0.2) is 0 Å². The number of halogens is 1. The zero-order valence-electron chi connectivity index (χ0n) is 13.9. The number of ether oxygens (including phenoxy) is 1. The predicted octanol–water partition coefficient (Wildman–Crippen LogP) is 1.77. The van der Waals surface area contributed by atoms with Gasteiger partial charge >= 0.3 is 0 Å². The molecule has 1 unspecified atom stereocenters. The van der Waals surface area contributed by atoms with Gasteiger partial charge < -0.3 is 4.74 Å². The lowest BCUT2D eigenvalue weighted by atomic mass is 10.0. The largest absolute Gasteiger partial charge is 0.379 e. The maximum atomic E-state index is 13.3. The van der Waals surface area contributed by atoms with Gasteiger partial charge in [-0.3, -0.25) is 4.90 Å². The van der Waals surface area contributed by atoms with E-state index in [1.807, 2.05) is 0 Å². The van der Waals surface area contributed by atoms with Crippen LogP contribution in [0.2, 0.25) is 0 Å². The number of nitrogens with zero attached hydrogens (tertiary/aromatic N) is 1. The lowest BCUT2D eigenvalue weighted by Gasteiger charge is -2.36. The standard InChI is InChI=1S/C16H25FN2O3S/c1-12(2)16(19-6-8-22-9-7-19)11-18-23(20,21)14-4-5-15(17)13(3)10-14/h4-5,10,12,16,18H,6-9,11H2,1-3H3. The van der Waals surface area contributed by atoms with E-state index in [9.17, 15) is 12.8 Å². The Bertz CT molecular complexity index is 628. The van der Waals surface area contributed by atoms with E-state index in [-0.39, 0.29) is 10.9 Å². The highest BCUT2D eigenvalue weighted by molar-refractivity contribution is 7.89. The average molecular weight is 344 g/mol. The smallest absolute Gasteiger partial charge is 0.240 e. The molecule has 1 heterocycles. The van der Waals surface area contributed by atoms with Crippen molar-refractivity contribution in [2.75, 3.05) is 32.8 Å². The number of sulfonamides is 1. The van der Waals surface area contributed by atoms with Gasteiger partial charge in [-0.05, 0) is 36.6 Å². The quantitative estimate of drug-likeness (QED) is 0.854. The molecule has 7 heteroatoms. The molecule has 0 saturated carbocycles. The van der Waals surface area contributed by atoms with Gasteiger partial charge in [-0.1, -0.05) is 13.8 Å². The van der Waals surface area contributed by atoms with Crippen LogP contribution < -0.4 is 4.72 Å². The normalized spacial score (nSPS) is 18.3. The first-order valence-electron chi connectivity index (χ1n) is 7.89. The average Bonchev–Trinajstić information content (AvgIpc) is 2.50. The van der Waals surface area contributed by atoms with E-state index in [0.717, 1.165) is 13.1 Å². The van der Waals surface area contributed by atoms with Gasteiger partial charge in [-0.15, -0.1) is 0 Å².